The standard InChI is InChI=1S/C12H12ClN3O3S2/c1-15-12(17)9-5-8(2-3-10(9)13)16-21(18,19)11-4-7(14)6-20-11/h2-6,16H,14H2,1H3,(H,15,17). The number of halogens is 1. The number of rotatable bonds is 4. The molecule has 0 fully saturated rings. The van der Waals surface area contributed by atoms with Crippen LogP contribution in [0.2, 0.25) is 5.02 Å². The summed E-state index contributed by atoms with van der Waals surface area (Å²) in [6.07, 6.45) is 0. The largest absolute Gasteiger partial charge is 0.398 e. The SMILES string of the molecule is CNC(=O)c1cc(NS(=O)(=O)c2cc(N)cs2)ccc1Cl. The topological polar surface area (TPSA) is 101 Å². The van der Waals surface area contributed by atoms with Gasteiger partial charge in [0.1, 0.15) is 4.21 Å². The molecule has 0 bridgehead atoms. The van der Waals surface area contributed by atoms with Crippen molar-refractivity contribution < 1.29 is 13.2 Å². The molecule has 0 aliphatic rings. The number of amides is 1. The van der Waals surface area contributed by atoms with Gasteiger partial charge in [-0.05, 0) is 24.3 Å². The molecule has 21 heavy (non-hydrogen) atoms. The van der Waals surface area contributed by atoms with Gasteiger partial charge in [0.2, 0.25) is 0 Å². The fourth-order valence-corrected chi connectivity index (χ4v) is 3.91. The third kappa shape index (κ3) is 3.46. The average molecular weight is 346 g/mol. The molecule has 0 atom stereocenters. The van der Waals surface area contributed by atoms with E-state index in [0.29, 0.717) is 5.69 Å². The molecule has 1 heterocycles. The number of carbonyl (C=O) groups is 1. The fourth-order valence-electron chi connectivity index (χ4n) is 1.57. The molecule has 0 radical (unpaired) electrons. The van der Waals surface area contributed by atoms with Crippen LogP contribution in [-0.2, 0) is 10.0 Å². The molecule has 2 rings (SSSR count). The predicted molar refractivity (Wildman–Crippen MR) is 84.4 cm³/mol. The van der Waals surface area contributed by atoms with Gasteiger partial charge in [-0.2, -0.15) is 0 Å². The molecule has 1 amide bonds. The Morgan fingerprint density at radius 1 is 1.33 bits per heavy atom. The molecule has 0 aliphatic heterocycles. The number of nitrogen functional groups attached to an aromatic ring is 1. The lowest BCUT2D eigenvalue weighted by Crippen LogP contribution is -2.19. The molecule has 1 aromatic heterocycles. The summed E-state index contributed by atoms with van der Waals surface area (Å²) in [7, 11) is -2.28. The summed E-state index contributed by atoms with van der Waals surface area (Å²) in [4.78, 5) is 11.6. The monoisotopic (exact) mass is 345 g/mol. The summed E-state index contributed by atoms with van der Waals surface area (Å²) >= 11 is 6.92. The zero-order valence-corrected chi connectivity index (χ0v) is 13.3. The number of nitrogens with two attached hydrogens (primary N) is 1. The quantitative estimate of drug-likeness (QED) is 0.790. The number of anilines is 2. The molecular formula is C12H12ClN3O3S2. The van der Waals surface area contributed by atoms with Crippen LogP contribution in [0.15, 0.2) is 33.9 Å². The first-order valence-electron chi connectivity index (χ1n) is 5.72. The molecule has 4 N–H and O–H groups in total. The molecule has 0 saturated heterocycles. The normalized spacial score (nSPS) is 11.1. The van der Waals surface area contributed by atoms with Gasteiger partial charge < -0.3 is 11.1 Å². The van der Waals surface area contributed by atoms with Crippen molar-refractivity contribution in [2.75, 3.05) is 17.5 Å². The highest BCUT2D eigenvalue weighted by Crippen LogP contribution is 2.26. The van der Waals surface area contributed by atoms with Gasteiger partial charge in [-0.3, -0.25) is 9.52 Å². The summed E-state index contributed by atoms with van der Waals surface area (Å²) in [5.74, 6) is -0.401. The number of nitrogens with one attached hydrogen (secondary N) is 2. The first-order chi connectivity index (χ1) is 9.83. The van der Waals surface area contributed by atoms with Crippen LogP contribution < -0.4 is 15.8 Å². The molecular weight excluding hydrogens is 334 g/mol. The second-order valence-corrected chi connectivity index (χ2v) is 7.31. The molecule has 9 heteroatoms. The Bertz CT molecular complexity index is 787. The summed E-state index contributed by atoms with van der Waals surface area (Å²) in [5.41, 5.74) is 6.32. The van der Waals surface area contributed by atoms with Crippen molar-refractivity contribution in [2.24, 2.45) is 0 Å². The molecule has 1 aromatic carbocycles. The van der Waals surface area contributed by atoms with Crippen molar-refractivity contribution in [2.45, 2.75) is 4.21 Å². The maximum Gasteiger partial charge on any atom is 0.271 e. The minimum absolute atomic E-state index is 0.0939. The number of hydrogen-bond acceptors (Lipinski definition) is 5. The Morgan fingerprint density at radius 2 is 2.05 bits per heavy atom. The Morgan fingerprint density at radius 3 is 2.62 bits per heavy atom. The third-order valence-corrected chi connectivity index (χ3v) is 5.72. The van der Waals surface area contributed by atoms with Crippen molar-refractivity contribution in [3.63, 3.8) is 0 Å². The van der Waals surface area contributed by atoms with E-state index < -0.39 is 15.9 Å². The highest BCUT2D eigenvalue weighted by atomic mass is 35.5. The van der Waals surface area contributed by atoms with Gasteiger partial charge in [0.25, 0.3) is 15.9 Å². The molecule has 0 spiro atoms. The summed E-state index contributed by atoms with van der Waals surface area (Å²) < 4.78 is 26.8. The van der Waals surface area contributed by atoms with E-state index >= 15 is 0 Å². The smallest absolute Gasteiger partial charge is 0.271 e. The van der Waals surface area contributed by atoms with E-state index in [1.54, 1.807) is 0 Å². The molecule has 0 unspecified atom stereocenters. The maximum absolute atomic E-state index is 12.2. The fraction of sp³-hybridized carbons (Fsp3) is 0.0833. The van der Waals surface area contributed by atoms with Crippen molar-refractivity contribution in [3.8, 4) is 0 Å². The van der Waals surface area contributed by atoms with E-state index in [9.17, 15) is 13.2 Å². The van der Waals surface area contributed by atoms with Gasteiger partial charge in [0.15, 0.2) is 0 Å². The van der Waals surface area contributed by atoms with Crippen molar-refractivity contribution in [3.05, 3.63) is 40.2 Å². The van der Waals surface area contributed by atoms with Crippen molar-refractivity contribution >= 4 is 50.2 Å². The first-order valence-corrected chi connectivity index (χ1v) is 8.46. The van der Waals surface area contributed by atoms with Gasteiger partial charge in [-0.15, -0.1) is 11.3 Å². The molecule has 6 nitrogen and oxygen atoms in total. The second kappa shape index (κ2) is 5.92. The molecule has 0 saturated carbocycles. The lowest BCUT2D eigenvalue weighted by molar-refractivity contribution is 0.0963. The minimum Gasteiger partial charge on any atom is -0.398 e. The van der Waals surface area contributed by atoms with Crippen LogP contribution in [-0.4, -0.2) is 21.4 Å². The van der Waals surface area contributed by atoms with Gasteiger partial charge in [-0.25, -0.2) is 8.42 Å². The highest BCUT2D eigenvalue weighted by Gasteiger charge is 2.18. The van der Waals surface area contributed by atoms with E-state index in [2.05, 4.69) is 10.0 Å². The lowest BCUT2D eigenvalue weighted by atomic mass is 10.2. The Kier molecular flexibility index (Phi) is 4.40. The Labute approximate surface area is 131 Å². The van der Waals surface area contributed by atoms with Crippen molar-refractivity contribution in [1.29, 1.82) is 0 Å². The van der Waals surface area contributed by atoms with Crippen LogP contribution in [0.5, 0.6) is 0 Å². The van der Waals surface area contributed by atoms with Crippen LogP contribution in [0.1, 0.15) is 10.4 Å². The van der Waals surface area contributed by atoms with Crippen LogP contribution in [0, 0.1) is 0 Å². The van der Waals surface area contributed by atoms with Gasteiger partial charge in [0, 0.05) is 23.8 Å². The number of sulfonamides is 1. The van der Waals surface area contributed by atoms with E-state index in [1.807, 2.05) is 0 Å². The highest BCUT2D eigenvalue weighted by molar-refractivity contribution is 7.94. The van der Waals surface area contributed by atoms with Crippen LogP contribution in [0.4, 0.5) is 11.4 Å². The van der Waals surface area contributed by atoms with Gasteiger partial charge in [0.05, 0.1) is 10.6 Å². The molecule has 0 aliphatic carbocycles. The summed E-state index contributed by atoms with van der Waals surface area (Å²) in [5, 5.41) is 4.20. The predicted octanol–water partition coefficient (Wildman–Crippen LogP) is 2.14. The number of carbonyl (C=O) groups excluding carboxylic acids is 1. The number of hydrogen-bond donors (Lipinski definition) is 3. The maximum atomic E-state index is 12.2. The van der Waals surface area contributed by atoms with E-state index in [1.165, 1.54) is 36.7 Å². The Balaban J connectivity index is 2.34. The van der Waals surface area contributed by atoms with Crippen LogP contribution in [0.25, 0.3) is 0 Å². The van der Waals surface area contributed by atoms with E-state index in [0.717, 1.165) is 11.3 Å². The second-order valence-electron chi connectivity index (χ2n) is 4.08. The first kappa shape index (κ1) is 15.6. The Hall–Kier alpha value is -1.77. The zero-order chi connectivity index (χ0) is 15.6. The van der Waals surface area contributed by atoms with Crippen molar-refractivity contribution in [1.82, 2.24) is 5.32 Å². The minimum atomic E-state index is -3.74. The lowest BCUT2D eigenvalue weighted by Gasteiger charge is -2.09. The van der Waals surface area contributed by atoms with Gasteiger partial charge >= 0.3 is 0 Å². The van der Waals surface area contributed by atoms with Crippen LogP contribution >= 0.6 is 22.9 Å². The third-order valence-electron chi connectivity index (χ3n) is 2.55. The van der Waals surface area contributed by atoms with E-state index in [4.69, 9.17) is 17.3 Å². The zero-order valence-electron chi connectivity index (χ0n) is 10.9. The van der Waals surface area contributed by atoms with Gasteiger partial charge in [-0.1, -0.05) is 11.6 Å². The average Bonchev–Trinajstić information content (AvgIpc) is 2.87. The number of thiophene rings is 1. The van der Waals surface area contributed by atoms with E-state index in [-0.39, 0.29) is 20.5 Å². The summed E-state index contributed by atoms with van der Waals surface area (Å²) in [6.45, 7) is 0. The molecule has 2 aromatic rings. The van der Waals surface area contributed by atoms with Crippen LogP contribution in [0.3, 0.4) is 0 Å². The number of benzene rings is 1. The summed E-state index contributed by atoms with van der Waals surface area (Å²) in [6, 6.07) is 5.66. The molecule has 112 valence electrons.